The Labute approximate surface area is 164 Å². The van der Waals surface area contributed by atoms with Crippen LogP contribution in [0.3, 0.4) is 0 Å². The van der Waals surface area contributed by atoms with Crippen molar-refractivity contribution in [1.82, 2.24) is 0 Å². The number of amides is 1. The Morgan fingerprint density at radius 3 is 2.36 bits per heavy atom. The second-order valence-electron chi connectivity index (χ2n) is 6.58. The molecule has 28 heavy (non-hydrogen) atoms. The molecule has 1 aliphatic heterocycles. The molecule has 1 fully saturated rings. The van der Waals surface area contributed by atoms with Crippen LogP contribution >= 0.6 is 0 Å². The maximum absolute atomic E-state index is 12.9. The minimum absolute atomic E-state index is 0.00299. The monoisotopic (exact) mass is 402 g/mol. The van der Waals surface area contributed by atoms with Gasteiger partial charge in [0.05, 0.1) is 36.8 Å². The summed E-state index contributed by atoms with van der Waals surface area (Å²) in [6.45, 7) is 0.00299. The summed E-state index contributed by atoms with van der Waals surface area (Å²) in [5, 5.41) is 3.03. The van der Waals surface area contributed by atoms with E-state index in [1.165, 1.54) is 7.11 Å². The number of carbonyl (C=O) groups is 2. The van der Waals surface area contributed by atoms with Gasteiger partial charge in [-0.25, -0.2) is 13.2 Å². The highest BCUT2D eigenvalue weighted by Crippen LogP contribution is 2.24. The number of sulfone groups is 1. The van der Waals surface area contributed by atoms with E-state index in [1.54, 1.807) is 41.3 Å². The van der Waals surface area contributed by atoms with Crippen molar-refractivity contribution >= 4 is 33.1 Å². The summed E-state index contributed by atoms with van der Waals surface area (Å²) in [6.07, 6.45) is 0.427. The van der Waals surface area contributed by atoms with Gasteiger partial charge in [-0.3, -0.25) is 4.79 Å². The third kappa shape index (κ3) is 4.69. The topological polar surface area (TPSA) is 92.8 Å². The fourth-order valence-corrected chi connectivity index (χ4v) is 4.93. The van der Waals surface area contributed by atoms with E-state index in [9.17, 15) is 18.0 Å². The lowest BCUT2D eigenvalue weighted by molar-refractivity contribution is -0.117. The smallest absolute Gasteiger partial charge is 0.337 e. The molecule has 0 saturated carbocycles. The van der Waals surface area contributed by atoms with Crippen LogP contribution in [0.2, 0.25) is 0 Å². The molecule has 0 radical (unpaired) electrons. The fourth-order valence-electron chi connectivity index (χ4n) is 3.23. The van der Waals surface area contributed by atoms with E-state index in [0.717, 1.165) is 0 Å². The maximum Gasteiger partial charge on any atom is 0.337 e. The van der Waals surface area contributed by atoms with Crippen LogP contribution in [-0.2, 0) is 19.4 Å². The average molecular weight is 402 g/mol. The van der Waals surface area contributed by atoms with Crippen molar-refractivity contribution < 1.29 is 22.7 Å². The highest BCUT2D eigenvalue weighted by Gasteiger charge is 2.35. The van der Waals surface area contributed by atoms with Crippen molar-refractivity contribution in [1.29, 1.82) is 0 Å². The lowest BCUT2D eigenvalue weighted by atomic mass is 10.1. The van der Waals surface area contributed by atoms with E-state index in [4.69, 9.17) is 0 Å². The molecule has 0 aliphatic carbocycles. The molecule has 1 aliphatic rings. The minimum Gasteiger partial charge on any atom is -0.465 e. The molecule has 0 bridgehead atoms. The van der Waals surface area contributed by atoms with Crippen LogP contribution < -0.4 is 10.2 Å². The van der Waals surface area contributed by atoms with Crippen LogP contribution in [0.25, 0.3) is 0 Å². The summed E-state index contributed by atoms with van der Waals surface area (Å²) in [5.74, 6) is -0.580. The quantitative estimate of drug-likeness (QED) is 0.744. The summed E-state index contributed by atoms with van der Waals surface area (Å²) in [5.41, 5.74) is 1.77. The van der Waals surface area contributed by atoms with Crippen LogP contribution in [0.1, 0.15) is 16.8 Å². The first-order chi connectivity index (χ1) is 13.4. The van der Waals surface area contributed by atoms with E-state index >= 15 is 0 Å². The van der Waals surface area contributed by atoms with Gasteiger partial charge < -0.3 is 15.0 Å². The van der Waals surface area contributed by atoms with Gasteiger partial charge in [0.25, 0.3) is 0 Å². The van der Waals surface area contributed by atoms with Gasteiger partial charge in [-0.05, 0) is 42.8 Å². The predicted octanol–water partition coefficient (Wildman–Crippen LogP) is 2.11. The Balaban J connectivity index is 1.72. The molecule has 0 aromatic heterocycles. The molecule has 8 heteroatoms. The minimum atomic E-state index is -3.12. The number of methoxy groups -OCH3 is 1. The fraction of sp³-hybridized carbons (Fsp3) is 0.300. The second-order valence-corrected chi connectivity index (χ2v) is 8.81. The van der Waals surface area contributed by atoms with Crippen molar-refractivity contribution in [3.8, 4) is 0 Å². The van der Waals surface area contributed by atoms with Gasteiger partial charge in [0.15, 0.2) is 9.84 Å². The molecule has 1 N–H and O–H groups in total. The van der Waals surface area contributed by atoms with Crippen LogP contribution in [-0.4, -0.2) is 51.5 Å². The van der Waals surface area contributed by atoms with E-state index in [2.05, 4.69) is 10.1 Å². The third-order valence-corrected chi connectivity index (χ3v) is 6.38. The third-order valence-electron chi connectivity index (χ3n) is 4.63. The zero-order valence-corrected chi connectivity index (χ0v) is 16.3. The number of carbonyl (C=O) groups excluding carboxylic acids is 2. The average Bonchev–Trinajstić information content (AvgIpc) is 3.06. The number of nitrogens with one attached hydrogen (secondary N) is 1. The van der Waals surface area contributed by atoms with Crippen LogP contribution in [0.15, 0.2) is 54.6 Å². The lowest BCUT2D eigenvalue weighted by Gasteiger charge is -2.28. The molecule has 148 valence electrons. The molecule has 2 aromatic carbocycles. The van der Waals surface area contributed by atoms with Gasteiger partial charge in [0.2, 0.25) is 5.91 Å². The molecule has 7 nitrogen and oxygen atoms in total. The molecule has 1 saturated heterocycles. The summed E-state index contributed by atoms with van der Waals surface area (Å²) in [4.78, 5) is 26.0. The number of esters is 1. The Bertz CT molecular complexity index is 942. The lowest BCUT2D eigenvalue weighted by Crippen LogP contribution is -2.44. The number of para-hydroxylation sites is 1. The molecule has 1 heterocycles. The number of hydrogen-bond donors (Lipinski definition) is 1. The number of anilines is 2. The SMILES string of the molecule is COC(=O)c1ccc(NCC(=O)N(c2ccccc2)C2CCS(=O)(=O)C2)cc1. The van der Waals surface area contributed by atoms with E-state index in [1.807, 2.05) is 18.2 Å². The van der Waals surface area contributed by atoms with Gasteiger partial charge in [0, 0.05) is 11.4 Å². The number of rotatable bonds is 6. The van der Waals surface area contributed by atoms with Crippen LogP contribution in [0.5, 0.6) is 0 Å². The van der Waals surface area contributed by atoms with Gasteiger partial charge in [-0.2, -0.15) is 0 Å². The Kier molecular flexibility index (Phi) is 5.99. The molecule has 1 unspecified atom stereocenters. The van der Waals surface area contributed by atoms with Gasteiger partial charge in [0.1, 0.15) is 0 Å². The maximum atomic E-state index is 12.9. The summed E-state index contributed by atoms with van der Waals surface area (Å²) in [7, 11) is -1.81. The first-order valence-corrected chi connectivity index (χ1v) is 10.7. The molecular weight excluding hydrogens is 380 g/mol. The first kappa shape index (κ1) is 19.9. The normalized spacial score (nSPS) is 17.7. The number of nitrogens with zero attached hydrogens (tertiary/aromatic N) is 1. The number of hydrogen-bond acceptors (Lipinski definition) is 6. The molecule has 1 amide bonds. The van der Waals surface area contributed by atoms with Crippen molar-refractivity contribution in [2.24, 2.45) is 0 Å². The van der Waals surface area contributed by atoms with Crippen LogP contribution in [0.4, 0.5) is 11.4 Å². The predicted molar refractivity (Wildman–Crippen MR) is 107 cm³/mol. The molecule has 3 rings (SSSR count). The summed E-state index contributed by atoms with van der Waals surface area (Å²) < 4.78 is 28.5. The molecule has 1 atom stereocenters. The second kappa shape index (κ2) is 8.43. The van der Waals surface area contributed by atoms with Gasteiger partial charge in [-0.1, -0.05) is 18.2 Å². The van der Waals surface area contributed by atoms with Crippen molar-refractivity contribution in [2.45, 2.75) is 12.5 Å². The summed E-state index contributed by atoms with van der Waals surface area (Å²) in [6, 6.07) is 15.3. The zero-order chi connectivity index (χ0) is 20.1. The van der Waals surface area contributed by atoms with E-state index in [-0.39, 0.29) is 30.0 Å². The molecular formula is C20H22N2O5S. The molecule has 0 spiro atoms. The highest BCUT2D eigenvalue weighted by molar-refractivity contribution is 7.91. The molecule has 2 aromatic rings. The largest absolute Gasteiger partial charge is 0.465 e. The van der Waals surface area contributed by atoms with E-state index < -0.39 is 15.8 Å². The van der Waals surface area contributed by atoms with Crippen molar-refractivity contribution in [2.75, 3.05) is 35.4 Å². The number of ether oxygens (including phenoxy) is 1. The highest BCUT2D eigenvalue weighted by atomic mass is 32.2. The zero-order valence-electron chi connectivity index (χ0n) is 15.5. The first-order valence-electron chi connectivity index (χ1n) is 8.89. The number of benzene rings is 2. The van der Waals surface area contributed by atoms with Gasteiger partial charge in [-0.15, -0.1) is 0 Å². The van der Waals surface area contributed by atoms with Crippen molar-refractivity contribution in [3.05, 3.63) is 60.2 Å². The standard InChI is InChI=1S/C20H22N2O5S/c1-27-20(24)15-7-9-16(10-8-15)21-13-19(23)22(17-5-3-2-4-6-17)18-11-12-28(25,26)14-18/h2-10,18,21H,11-14H2,1H3. The Morgan fingerprint density at radius 1 is 1.11 bits per heavy atom. The Morgan fingerprint density at radius 2 is 1.79 bits per heavy atom. The summed E-state index contributed by atoms with van der Waals surface area (Å²) >= 11 is 0. The Hall–Kier alpha value is -2.87. The van der Waals surface area contributed by atoms with Crippen molar-refractivity contribution in [3.63, 3.8) is 0 Å². The van der Waals surface area contributed by atoms with Crippen LogP contribution in [0, 0.1) is 0 Å². The van der Waals surface area contributed by atoms with Gasteiger partial charge >= 0.3 is 5.97 Å². The van der Waals surface area contributed by atoms with E-state index in [0.29, 0.717) is 23.4 Å².